The summed E-state index contributed by atoms with van der Waals surface area (Å²) in [6, 6.07) is 14.8. The number of rotatable bonds is 5. The number of fused-ring (bicyclic) bond motifs is 1. The molecule has 5 rings (SSSR count). The normalized spacial score (nSPS) is 18.6. The van der Waals surface area contributed by atoms with Gasteiger partial charge in [-0.15, -0.1) is 0 Å². The van der Waals surface area contributed by atoms with Crippen molar-refractivity contribution in [3.8, 4) is 17.4 Å². The summed E-state index contributed by atoms with van der Waals surface area (Å²) >= 11 is 0. The third kappa shape index (κ3) is 6.47. The third-order valence-electron chi connectivity index (χ3n) is 6.63. The van der Waals surface area contributed by atoms with E-state index in [0.717, 1.165) is 36.1 Å². The maximum Gasteiger partial charge on any atom is 0.410 e. The fraction of sp³-hybridized carbons (Fsp3) is 0.367. The van der Waals surface area contributed by atoms with Crippen LogP contribution in [0, 0.1) is 5.82 Å². The highest BCUT2D eigenvalue weighted by molar-refractivity contribution is 5.96. The molecular formula is C30H32FN3O5. The Hall–Kier alpha value is -4.14. The zero-order chi connectivity index (χ0) is 27.6. The lowest BCUT2D eigenvalue weighted by Gasteiger charge is -2.28. The molecule has 8 nitrogen and oxygen atoms in total. The van der Waals surface area contributed by atoms with Gasteiger partial charge in [0.05, 0.1) is 11.9 Å². The third-order valence-corrected chi connectivity index (χ3v) is 6.63. The summed E-state index contributed by atoms with van der Waals surface area (Å²) in [6.07, 6.45) is 3.82. The summed E-state index contributed by atoms with van der Waals surface area (Å²) < 4.78 is 30.8. The Morgan fingerprint density at radius 2 is 1.87 bits per heavy atom. The molecule has 2 aliphatic heterocycles. The smallest absolute Gasteiger partial charge is 0.410 e. The van der Waals surface area contributed by atoms with Gasteiger partial charge in [0.1, 0.15) is 35.1 Å². The molecule has 9 heteroatoms. The molecule has 2 unspecified atom stereocenters. The van der Waals surface area contributed by atoms with E-state index in [0.29, 0.717) is 30.3 Å². The molecule has 0 radical (unpaired) electrons. The molecule has 3 aromatic rings. The SMILES string of the molecule is CC(C)(C)OC(=O)N1CCCC1C(=O)Nc1ccc(Oc2ccc3c(c2)CCC(c2ccc(F)cc2)O3)nc1. The number of carbonyl (C=O) groups is 2. The van der Waals surface area contributed by atoms with Crippen LogP contribution < -0.4 is 14.8 Å². The molecule has 0 aliphatic carbocycles. The van der Waals surface area contributed by atoms with Gasteiger partial charge in [-0.2, -0.15) is 0 Å². The molecule has 0 bridgehead atoms. The standard InChI is InChI=1S/C30H32FN3O5/c1-30(2,3)39-29(36)34-16-4-5-24(34)28(35)33-22-11-15-27(32-18-22)37-23-12-14-26-20(17-23)8-13-25(38-26)19-6-9-21(31)10-7-19/h6-7,9-12,14-15,17-18,24-25H,4-5,8,13,16H2,1-3H3,(H,33,35). The van der Waals surface area contributed by atoms with Gasteiger partial charge in [0.25, 0.3) is 0 Å². The lowest BCUT2D eigenvalue weighted by Crippen LogP contribution is -2.45. The van der Waals surface area contributed by atoms with Crippen LogP contribution in [-0.2, 0) is 16.0 Å². The Kier molecular flexibility index (Phi) is 7.41. The van der Waals surface area contributed by atoms with Crippen molar-refractivity contribution in [2.45, 2.75) is 64.2 Å². The summed E-state index contributed by atoms with van der Waals surface area (Å²) in [7, 11) is 0. The van der Waals surface area contributed by atoms with Crippen molar-refractivity contribution in [3.63, 3.8) is 0 Å². The molecule has 2 amide bonds. The van der Waals surface area contributed by atoms with Crippen LogP contribution in [0.3, 0.4) is 0 Å². The molecule has 204 valence electrons. The van der Waals surface area contributed by atoms with Gasteiger partial charge in [0.2, 0.25) is 11.8 Å². The van der Waals surface area contributed by atoms with Crippen LogP contribution in [0.5, 0.6) is 17.4 Å². The predicted molar refractivity (Wildman–Crippen MR) is 143 cm³/mol. The van der Waals surface area contributed by atoms with Gasteiger partial charge in [-0.25, -0.2) is 14.2 Å². The van der Waals surface area contributed by atoms with Crippen molar-refractivity contribution in [3.05, 3.63) is 77.7 Å². The first-order valence-corrected chi connectivity index (χ1v) is 13.1. The number of benzene rings is 2. The number of aromatic nitrogens is 1. The highest BCUT2D eigenvalue weighted by Crippen LogP contribution is 2.37. The number of hydrogen-bond donors (Lipinski definition) is 1. The number of nitrogens with one attached hydrogen (secondary N) is 1. The lowest BCUT2D eigenvalue weighted by atomic mass is 9.97. The van der Waals surface area contributed by atoms with E-state index in [1.165, 1.54) is 23.2 Å². The van der Waals surface area contributed by atoms with Crippen LogP contribution in [-0.4, -0.2) is 40.1 Å². The molecule has 0 spiro atoms. The van der Waals surface area contributed by atoms with Crippen LogP contribution in [0.25, 0.3) is 0 Å². The molecule has 2 aliphatic rings. The number of pyridine rings is 1. The van der Waals surface area contributed by atoms with E-state index in [1.54, 1.807) is 45.0 Å². The number of likely N-dealkylation sites (tertiary alicyclic amines) is 1. The lowest BCUT2D eigenvalue weighted by molar-refractivity contribution is -0.120. The summed E-state index contributed by atoms with van der Waals surface area (Å²) in [4.78, 5) is 31.2. The van der Waals surface area contributed by atoms with Gasteiger partial charge in [0.15, 0.2) is 0 Å². The first-order valence-electron chi connectivity index (χ1n) is 13.1. The van der Waals surface area contributed by atoms with E-state index in [2.05, 4.69) is 10.3 Å². The average Bonchev–Trinajstić information content (AvgIpc) is 3.40. The molecule has 1 fully saturated rings. The van der Waals surface area contributed by atoms with Gasteiger partial charge >= 0.3 is 6.09 Å². The molecule has 3 heterocycles. The monoisotopic (exact) mass is 533 g/mol. The zero-order valence-corrected chi connectivity index (χ0v) is 22.3. The quantitative estimate of drug-likeness (QED) is 0.407. The van der Waals surface area contributed by atoms with E-state index in [9.17, 15) is 14.0 Å². The summed E-state index contributed by atoms with van der Waals surface area (Å²) in [6.45, 7) is 5.88. The van der Waals surface area contributed by atoms with Gasteiger partial charge < -0.3 is 19.5 Å². The van der Waals surface area contributed by atoms with Gasteiger partial charge in [0, 0.05) is 12.6 Å². The topological polar surface area (TPSA) is 90.0 Å². The number of aryl methyl sites for hydroxylation is 1. The Morgan fingerprint density at radius 1 is 1.08 bits per heavy atom. The summed E-state index contributed by atoms with van der Waals surface area (Å²) in [5, 5.41) is 2.84. The first-order chi connectivity index (χ1) is 18.6. The molecule has 2 aromatic carbocycles. The molecule has 1 saturated heterocycles. The maximum absolute atomic E-state index is 13.2. The van der Waals surface area contributed by atoms with Crippen LogP contribution in [0.1, 0.15) is 57.3 Å². The number of anilines is 1. The Bertz CT molecular complexity index is 1340. The largest absolute Gasteiger partial charge is 0.485 e. The van der Waals surface area contributed by atoms with Crippen molar-refractivity contribution in [2.75, 3.05) is 11.9 Å². The zero-order valence-electron chi connectivity index (χ0n) is 22.3. The van der Waals surface area contributed by atoms with Crippen molar-refractivity contribution >= 4 is 17.7 Å². The van der Waals surface area contributed by atoms with Crippen LogP contribution in [0.2, 0.25) is 0 Å². The summed E-state index contributed by atoms with van der Waals surface area (Å²) in [5.41, 5.74) is 1.86. The minimum absolute atomic E-state index is 0.116. The molecule has 0 saturated carbocycles. The van der Waals surface area contributed by atoms with E-state index in [1.807, 2.05) is 18.2 Å². The second-order valence-electron chi connectivity index (χ2n) is 10.8. The average molecular weight is 534 g/mol. The van der Waals surface area contributed by atoms with Gasteiger partial charge in [-0.1, -0.05) is 12.1 Å². The highest BCUT2D eigenvalue weighted by Gasteiger charge is 2.36. The molecule has 1 aromatic heterocycles. The minimum atomic E-state index is -0.627. The van der Waals surface area contributed by atoms with E-state index >= 15 is 0 Å². The second kappa shape index (κ2) is 10.9. The number of amides is 2. The predicted octanol–water partition coefficient (Wildman–Crippen LogP) is 6.42. The molecular weight excluding hydrogens is 501 g/mol. The fourth-order valence-corrected chi connectivity index (χ4v) is 4.78. The van der Waals surface area contributed by atoms with E-state index in [-0.39, 0.29) is 17.8 Å². The van der Waals surface area contributed by atoms with Crippen molar-refractivity contribution in [1.29, 1.82) is 0 Å². The van der Waals surface area contributed by atoms with E-state index in [4.69, 9.17) is 14.2 Å². The van der Waals surface area contributed by atoms with Crippen LogP contribution >= 0.6 is 0 Å². The number of nitrogens with zero attached hydrogens (tertiary/aromatic N) is 2. The van der Waals surface area contributed by atoms with Crippen molar-refractivity contribution < 1.29 is 28.2 Å². The van der Waals surface area contributed by atoms with Crippen molar-refractivity contribution in [2.24, 2.45) is 0 Å². The maximum atomic E-state index is 13.2. The first kappa shape index (κ1) is 26.5. The van der Waals surface area contributed by atoms with Crippen LogP contribution in [0.4, 0.5) is 14.9 Å². The number of carbonyl (C=O) groups excluding carboxylic acids is 2. The second-order valence-corrected chi connectivity index (χ2v) is 10.8. The van der Waals surface area contributed by atoms with E-state index < -0.39 is 17.7 Å². The number of halogens is 1. The molecule has 39 heavy (non-hydrogen) atoms. The molecule has 1 N–H and O–H groups in total. The van der Waals surface area contributed by atoms with Crippen LogP contribution in [0.15, 0.2) is 60.8 Å². The minimum Gasteiger partial charge on any atom is -0.485 e. The molecule has 2 atom stereocenters. The van der Waals surface area contributed by atoms with Gasteiger partial charge in [-0.05, 0) is 94.0 Å². The highest BCUT2D eigenvalue weighted by atomic mass is 19.1. The Morgan fingerprint density at radius 3 is 2.59 bits per heavy atom. The fourth-order valence-electron chi connectivity index (χ4n) is 4.78. The Balaban J connectivity index is 1.17. The van der Waals surface area contributed by atoms with Crippen molar-refractivity contribution in [1.82, 2.24) is 9.88 Å². The summed E-state index contributed by atoms with van der Waals surface area (Å²) in [5.74, 6) is 1.24. The van der Waals surface area contributed by atoms with Gasteiger partial charge in [-0.3, -0.25) is 9.69 Å². The Labute approximate surface area is 227 Å². The number of ether oxygens (including phenoxy) is 3. The number of hydrogen-bond acceptors (Lipinski definition) is 6.